The van der Waals surface area contributed by atoms with Gasteiger partial charge in [0.25, 0.3) is 11.6 Å². The van der Waals surface area contributed by atoms with Crippen molar-refractivity contribution in [3.63, 3.8) is 0 Å². The summed E-state index contributed by atoms with van der Waals surface area (Å²) in [5.74, 6) is -0.286. The van der Waals surface area contributed by atoms with Crippen molar-refractivity contribution in [2.45, 2.75) is 0 Å². The molecule has 0 unspecified atom stereocenters. The van der Waals surface area contributed by atoms with Crippen molar-refractivity contribution >= 4 is 33.7 Å². The van der Waals surface area contributed by atoms with Crippen molar-refractivity contribution in [1.82, 2.24) is 0 Å². The predicted molar refractivity (Wildman–Crippen MR) is 113 cm³/mol. The van der Waals surface area contributed by atoms with Crippen LogP contribution in [0.4, 0.5) is 17.1 Å². The van der Waals surface area contributed by atoms with Crippen molar-refractivity contribution in [3.05, 3.63) is 76.3 Å². The smallest absolute Gasteiger partial charge is 0.270 e. The molecule has 1 amide bonds. The zero-order valence-corrected chi connectivity index (χ0v) is 16.1. The highest BCUT2D eigenvalue weighted by molar-refractivity contribution is 6.13. The number of nitro benzene ring substituents is 1. The molecular weight excluding hydrogens is 370 g/mol. The highest BCUT2D eigenvalue weighted by Gasteiger charge is 2.25. The van der Waals surface area contributed by atoms with E-state index in [-0.39, 0.29) is 11.6 Å². The van der Waals surface area contributed by atoms with Crippen LogP contribution in [0.2, 0.25) is 0 Å². The number of anilines is 2. The minimum Gasteiger partial charge on any atom is -0.378 e. The Balaban J connectivity index is 1.78. The lowest BCUT2D eigenvalue weighted by Crippen LogP contribution is -2.38. The average Bonchev–Trinajstić information content (AvgIpc) is 2.78. The summed E-state index contributed by atoms with van der Waals surface area (Å²) in [6.07, 6.45) is 0. The van der Waals surface area contributed by atoms with Crippen LogP contribution in [0.3, 0.4) is 0 Å². The van der Waals surface area contributed by atoms with Gasteiger partial charge in [-0.15, -0.1) is 0 Å². The van der Waals surface area contributed by atoms with Crippen molar-refractivity contribution in [3.8, 4) is 0 Å². The second kappa shape index (κ2) is 7.89. The Hall–Kier alpha value is -3.45. The molecule has 29 heavy (non-hydrogen) atoms. The molecule has 4 rings (SSSR count). The number of morpholine rings is 1. The second-order valence-electron chi connectivity index (χ2n) is 6.92. The molecule has 1 aliphatic heterocycles. The van der Waals surface area contributed by atoms with Crippen molar-refractivity contribution in [2.24, 2.45) is 0 Å². The van der Waals surface area contributed by atoms with Gasteiger partial charge in [-0.3, -0.25) is 14.9 Å². The van der Waals surface area contributed by atoms with Crippen LogP contribution in [-0.2, 0) is 4.74 Å². The minimum atomic E-state index is -0.474. The Labute approximate surface area is 168 Å². The number of hydrogen-bond acceptors (Lipinski definition) is 5. The third kappa shape index (κ3) is 3.64. The van der Waals surface area contributed by atoms with Gasteiger partial charge in [0.1, 0.15) is 0 Å². The molecule has 148 valence electrons. The van der Waals surface area contributed by atoms with Crippen LogP contribution in [0.1, 0.15) is 10.4 Å². The molecule has 1 heterocycles. The third-order valence-electron chi connectivity index (χ3n) is 5.21. The van der Waals surface area contributed by atoms with Gasteiger partial charge in [0, 0.05) is 37.7 Å². The number of nitrogens with zero attached hydrogens (tertiary/aromatic N) is 3. The van der Waals surface area contributed by atoms with Gasteiger partial charge in [0.15, 0.2) is 0 Å². The number of ether oxygens (including phenoxy) is 1. The quantitative estimate of drug-likeness (QED) is 0.499. The number of rotatable bonds is 4. The fraction of sp³-hybridized carbons (Fsp3) is 0.227. The second-order valence-corrected chi connectivity index (χ2v) is 6.92. The van der Waals surface area contributed by atoms with Crippen molar-refractivity contribution < 1.29 is 14.5 Å². The molecule has 1 saturated heterocycles. The number of nitro groups is 1. The summed E-state index contributed by atoms with van der Waals surface area (Å²) >= 11 is 0. The predicted octanol–water partition coefficient (Wildman–Crippen LogP) is 3.86. The number of carbonyl (C=O) groups excluding carboxylic acids is 1. The summed E-state index contributed by atoms with van der Waals surface area (Å²) in [6.45, 7) is 2.39. The zero-order valence-electron chi connectivity index (χ0n) is 16.1. The number of non-ortho nitro benzene ring substituents is 1. The maximum Gasteiger partial charge on any atom is 0.270 e. The van der Waals surface area contributed by atoms with E-state index in [1.54, 1.807) is 18.0 Å². The van der Waals surface area contributed by atoms with Gasteiger partial charge in [-0.05, 0) is 17.5 Å². The zero-order chi connectivity index (χ0) is 20.4. The molecule has 0 spiro atoms. The van der Waals surface area contributed by atoms with Gasteiger partial charge >= 0.3 is 0 Å². The van der Waals surface area contributed by atoms with Crippen molar-refractivity contribution in [1.29, 1.82) is 0 Å². The van der Waals surface area contributed by atoms with Crippen LogP contribution >= 0.6 is 0 Å². The van der Waals surface area contributed by atoms with E-state index in [9.17, 15) is 14.9 Å². The maximum atomic E-state index is 13.5. The van der Waals surface area contributed by atoms with Gasteiger partial charge in [-0.25, -0.2) is 0 Å². The summed E-state index contributed by atoms with van der Waals surface area (Å²) in [4.78, 5) is 27.9. The molecule has 0 atom stereocenters. The van der Waals surface area contributed by atoms with Gasteiger partial charge < -0.3 is 14.5 Å². The van der Waals surface area contributed by atoms with Gasteiger partial charge in [0.05, 0.1) is 35.1 Å². The first-order valence-electron chi connectivity index (χ1n) is 9.43. The summed E-state index contributed by atoms with van der Waals surface area (Å²) in [5.41, 5.74) is 1.66. The molecule has 3 aromatic carbocycles. The Morgan fingerprint density at radius 3 is 2.55 bits per heavy atom. The normalized spacial score (nSPS) is 14.0. The van der Waals surface area contributed by atoms with Crippen LogP contribution in [0.15, 0.2) is 60.7 Å². The third-order valence-corrected chi connectivity index (χ3v) is 5.21. The van der Waals surface area contributed by atoms with E-state index in [0.717, 1.165) is 16.5 Å². The SMILES string of the molecule is CN(C(=O)c1cc([N+](=O)[O-])ccc1N1CCOCC1)c1cccc2ccccc12. The molecule has 7 heteroatoms. The number of amides is 1. The fourth-order valence-electron chi connectivity index (χ4n) is 3.68. The first-order valence-corrected chi connectivity index (χ1v) is 9.43. The molecule has 3 aromatic rings. The lowest BCUT2D eigenvalue weighted by Gasteiger charge is -2.31. The van der Waals surface area contributed by atoms with Crippen molar-refractivity contribution in [2.75, 3.05) is 43.2 Å². The standard InChI is InChI=1S/C22H21N3O4/c1-23(20-8-4-6-16-5-2-3-7-18(16)20)22(26)19-15-17(25(27)28)9-10-21(19)24-11-13-29-14-12-24/h2-10,15H,11-14H2,1H3. The molecule has 0 bridgehead atoms. The largest absolute Gasteiger partial charge is 0.378 e. The topological polar surface area (TPSA) is 75.9 Å². The van der Waals surface area contributed by atoms with Crippen LogP contribution in [0.25, 0.3) is 10.8 Å². The highest BCUT2D eigenvalue weighted by Crippen LogP contribution is 2.31. The van der Waals surface area contributed by atoms with E-state index in [4.69, 9.17) is 4.74 Å². The number of hydrogen-bond donors (Lipinski definition) is 0. The van der Waals surface area contributed by atoms with E-state index >= 15 is 0 Å². The molecule has 0 radical (unpaired) electrons. The lowest BCUT2D eigenvalue weighted by molar-refractivity contribution is -0.384. The fourth-order valence-corrected chi connectivity index (χ4v) is 3.68. The monoisotopic (exact) mass is 391 g/mol. The molecule has 0 aliphatic carbocycles. The van der Waals surface area contributed by atoms with Gasteiger partial charge in [0.2, 0.25) is 0 Å². The molecule has 1 aliphatic rings. The molecular formula is C22H21N3O4. The van der Waals surface area contributed by atoms with Gasteiger partial charge in [-0.1, -0.05) is 36.4 Å². The molecule has 0 saturated carbocycles. The van der Waals surface area contributed by atoms with E-state index in [2.05, 4.69) is 0 Å². The molecule has 0 aromatic heterocycles. The minimum absolute atomic E-state index is 0.100. The molecule has 7 nitrogen and oxygen atoms in total. The van der Waals surface area contributed by atoms with E-state index in [0.29, 0.717) is 37.6 Å². The molecule has 1 fully saturated rings. The molecule has 0 N–H and O–H groups in total. The van der Waals surface area contributed by atoms with Crippen LogP contribution < -0.4 is 9.80 Å². The Bertz CT molecular complexity index is 1070. The van der Waals surface area contributed by atoms with E-state index in [1.165, 1.54) is 12.1 Å². The van der Waals surface area contributed by atoms with Crippen LogP contribution in [0.5, 0.6) is 0 Å². The summed E-state index contributed by atoms with van der Waals surface area (Å²) < 4.78 is 5.40. The maximum absolute atomic E-state index is 13.5. The van der Waals surface area contributed by atoms with E-state index < -0.39 is 4.92 Å². The highest BCUT2D eigenvalue weighted by atomic mass is 16.6. The lowest BCUT2D eigenvalue weighted by atomic mass is 10.1. The number of fused-ring (bicyclic) bond motifs is 1. The Kier molecular flexibility index (Phi) is 5.14. The number of carbonyl (C=O) groups is 1. The van der Waals surface area contributed by atoms with E-state index in [1.807, 2.05) is 47.4 Å². The summed E-state index contributed by atoms with van der Waals surface area (Å²) in [6, 6.07) is 18.1. The van der Waals surface area contributed by atoms with Gasteiger partial charge in [-0.2, -0.15) is 0 Å². The number of benzene rings is 3. The Morgan fingerprint density at radius 2 is 1.79 bits per heavy atom. The first kappa shape index (κ1) is 18.9. The van der Waals surface area contributed by atoms with Crippen LogP contribution in [-0.4, -0.2) is 44.2 Å². The summed E-state index contributed by atoms with van der Waals surface area (Å²) in [7, 11) is 1.70. The Morgan fingerprint density at radius 1 is 1.07 bits per heavy atom. The summed E-state index contributed by atoms with van der Waals surface area (Å²) in [5, 5.41) is 13.3. The van der Waals surface area contributed by atoms with Crippen LogP contribution in [0, 0.1) is 10.1 Å². The average molecular weight is 391 g/mol. The first-order chi connectivity index (χ1) is 14.1.